The molecule has 0 spiro atoms. The summed E-state index contributed by atoms with van der Waals surface area (Å²) in [6, 6.07) is 7.72. The molecule has 0 N–H and O–H groups in total. The minimum absolute atomic E-state index is 0.0733. The van der Waals surface area contributed by atoms with Crippen molar-refractivity contribution >= 4 is 21.8 Å². The summed E-state index contributed by atoms with van der Waals surface area (Å²) in [5.74, 6) is 1.33. The highest BCUT2D eigenvalue weighted by atomic mass is 79.9. The lowest BCUT2D eigenvalue weighted by molar-refractivity contribution is -0.132. The largest absolute Gasteiger partial charge is 0.337 e. The zero-order valence-electron chi connectivity index (χ0n) is 13.9. The van der Waals surface area contributed by atoms with Crippen LogP contribution in [0.25, 0.3) is 11.4 Å². The molecule has 1 aromatic carbocycles. The van der Waals surface area contributed by atoms with Gasteiger partial charge in [0.2, 0.25) is 17.6 Å². The molecule has 0 aliphatic carbocycles. The second-order valence-electron chi connectivity index (χ2n) is 6.17. The Kier molecular flexibility index (Phi) is 5.66. The lowest BCUT2D eigenvalue weighted by Crippen LogP contribution is -2.30. The van der Waals surface area contributed by atoms with Crippen molar-refractivity contribution in [2.45, 2.75) is 51.5 Å². The van der Waals surface area contributed by atoms with E-state index in [-0.39, 0.29) is 11.9 Å². The van der Waals surface area contributed by atoms with Crippen molar-refractivity contribution < 1.29 is 9.32 Å². The summed E-state index contributed by atoms with van der Waals surface area (Å²) in [6.07, 6.45) is 5.65. The Morgan fingerprint density at radius 3 is 2.88 bits per heavy atom. The Bertz CT molecular complexity index is 684. The summed E-state index contributed by atoms with van der Waals surface area (Å²) in [6.45, 7) is 2.93. The van der Waals surface area contributed by atoms with Crippen LogP contribution in [0.5, 0.6) is 0 Å². The molecule has 2 heterocycles. The van der Waals surface area contributed by atoms with E-state index in [1.54, 1.807) is 0 Å². The maximum absolute atomic E-state index is 12.4. The van der Waals surface area contributed by atoms with Crippen LogP contribution in [0.1, 0.15) is 57.4 Å². The van der Waals surface area contributed by atoms with Crippen molar-refractivity contribution in [3.8, 4) is 11.4 Å². The van der Waals surface area contributed by atoms with E-state index in [0.29, 0.717) is 18.1 Å². The van der Waals surface area contributed by atoms with E-state index in [9.17, 15) is 4.79 Å². The number of amides is 1. The third-order valence-electron chi connectivity index (χ3n) is 4.40. The Morgan fingerprint density at radius 1 is 1.33 bits per heavy atom. The van der Waals surface area contributed by atoms with Crippen molar-refractivity contribution in [2.75, 3.05) is 6.54 Å². The minimum atomic E-state index is -0.0733. The maximum Gasteiger partial charge on any atom is 0.249 e. The number of carbonyl (C=O) groups is 1. The van der Waals surface area contributed by atoms with Crippen LogP contribution in [0.3, 0.4) is 0 Å². The third-order valence-corrected chi connectivity index (χ3v) is 4.93. The predicted molar refractivity (Wildman–Crippen MR) is 95.3 cm³/mol. The van der Waals surface area contributed by atoms with Crippen LogP contribution in [-0.2, 0) is 4.79 Å². The Labute approximate surface area is 150 Å². The van der Waals surface area contributed by atoms with Crippen LogP contribution in [0.2, 0.25) is 0 Å². The zero-order chi connectivity index (χ0) is 16.9. The van der Waals surface area contributed by atoms with Crippen molar-refractivity contribution in [1.82, 2.24) is 15.0 Å². The van der Waals surface area contributed by atoms with Gasteiger partial charge < -0.3 is 9.42 Å². The van der Waals surface area contributed by atoms with E-state index >= 15 is 0 Å². The number of unbranched alkanes of at least 4 members (excludes halogenated alkanes) is 2. The van der Waals surface area contributed by atoms with Crippen molar-refractivity contribution in [3.63, 3.8) is 0 Å². The van der Waals surface area contributed by atoms with E-state index in [2.05, 4.69) is 33.0 Å². The Balaban J connectivity index is 1.71. The van der Waals surface area contributed by atoms with Crippen LogP contribution in [0.4, 0.5) is 0 Å². The summed E-state index contributed by atoms with van der Waals surface area (Å²) in [4.78, 5) is 18.9. The van der Waals surface area contributed by atoms with Gasteiger partial charge in [-0.25, -0.2) is 0 Å². The van der Waals surface area contributed by atoms with Crippen LogP contribution in [-0.4, -0.2) is 27.5 Å². The van der Waals surface area contributed by atoms with Gasteiger partial charge in [-0.05, 0) is 43.5 Å². The van der Waals surface area contributed by atoms with Gasteiger partial charge in [0.05, 0.1) is 0 Å². The minimum Gasteiger partial charge on any atom is -0.337 e. The Morgan fingerprint density at radius 2 is 2.12 bits per heavy atom. The first-order valence-electron chi connectivity index (χ1n) is 8.58. The van der Waals surface area contributed by atoms with Gasteiger partial charge in [-0.3, -0.25) is 4.79 Å². The molecule has 1 aliphatic heterocycles. The second kappa shape index (κ2) is 7.92. The van der Waals surface area contributed by atoms with E-state index in [0.717, 1.165) is 48.7 Å². The summed E-state index contributed by atoms with van der Waals surface area (Å²) in [5.41, 5.74) is 0.909. The molecule has 1 amide bonds. The molecule has 1 aliphatic rings. The number of benzene rings is 1. The van der Waals surface area contributed by atoms with Gasteiger partial charge in [-0.2, -0.15) is 4.98 Å². The van der Waals surface area contributed by atoms with Gasteiger partial charge in [0.15, 0.2) is 0 Å². The first-order chi connectivity index (χ1) is 11.7. The first kappa shape index (κ1) is 17.1. The molecule has 2 aromatic rings. The fourth-order valence-electron chi connectivity index (χ4n) is 3.08. The maximum atomic E-state index is 12.4. The van der Waals surface area contributed by atoms with Gasteiger partial charge in [0.25, 0.3) is 0 Å². The second-order valence-corrected chi connectivity index (χ2v) is 7.08. The fourth-order valence-corrected chi connectivity index (χ4v) is 3.34. The third kappa shape index (κ3) is 3.86. The average Bonchev–Trinajstić information content (AvgIpc) is 3.24. The highest BCUT2D eigenvalue weighted by Gasteiger charge is 2.33. The molecule has 24 heavy (non-hydrogen) atoms. The molecule has 6 heteroatoms. The highest BCUT2D eigenvalue weighted by Crippen LogP contribution is 2.32. The Hall–Kier alpha value is -1.69. The van der Waals surface area contributed by atoms with Gasteiger partial charge >= 0.3 is 0 Å². The molecule has 0 saturated carbocycles. The molecule has 1 unspecified atom stereocenters. The lowest BCUT2D eigenvalue weighted by atomic mass is 10.1. The van der Waals surface area contributed by atoms with E-state index in [4.69, 9.17) is 4.52 Å². The van der Waals surface area contributed by atoms with Crippen LogP contribution in [0.15, 0.2) is 33.3 Å². The van der Waals surface area contributed by atoms with Gasteiger partial charge in [-0.15, -0.1) is 0 Å². The van der Waals surface area contributed by atoms with Crippen LogP contribution >= 0.6 is 15.9 Å². The SMILES string of the molecule is CCCCCC(=O)N1CCCC1c1nc(-c2ccc(Br)cc2)no1. The smallest absolute Gasteiger partial charge is 0.249 e. The summed E-state index contributed by atoms with van der Waals surface area (Å²) >= 11 is 3.42. The van der Waals surface area contributed by atoms with E-state index < -0.39 is 0 Å². The summed E-state index contributed by atoms with van der Waals surface area (Å²) < 4.78 is 6.48. The van der Waals surface area contributed by atoms with Crippen molar-refractivity contribution in [3.05, 3.63) is 34.6 Å². The summed E-state index contributed by atoms with van der Waals surface area (Å²) in [7, 11) is 0. The fraction of sp³-hybridized carbons (Fsp3) is 0.500. The van der Waals surface area contributed by atoms with E-state index in [1.807, 2.05) is 29.2 Å². The molecule has 1 atom stereocenters. The molecule has 0 radical (unpaired) electrons. The molecule has 5 nitrogen and oxygen atoms in total. The first-order valence-corrected chi connectivity index (χ1v) is 9.37. The van der Waals surface area contributed by atoms with Crippen LogP contribution < -0.4 is 0 Å². The van der Waals surface area contributed by atoms with Crippen molar-refractivity contribution in [1.29, 1.82) is 0 Å². The molecule has 128 valence electrons. The molecule has 1 saturated heterocycles. The number of hydrogen-bond acceptors (Lipinski definition) is 4. The van der Waals surface area contributed by atoms with Gasteiger partial charge in [0, 0.05) is 23.0 Å². The average molecular weight is 392 g/mol. The quantitative estimate of drug-likeness (QED) is 0.666. The number of carbonyl (C=O) groups excluding carboxylic acids is 1. The molecule has 0 bridgehead atoms. The number of halogens is 1. The molecular weight excluding hydrogens is 370 g/mol. The molecule has 1 aromatic heterocycles. The van der Waals surface area contributed by atoms with Crippen molar-refractivity contribution in [2.24, 2.45) is 0 Å². The number of likely N-dealkylation sites (tertiary alicyclic amines) is 1. The normalized spacial score (nSPS) is 17.4. The predicted octanol–water partition coefficient (Wildman–Crippen LogP) is 4.74. The molecule has 3 rings (SSSR count). The van der Waals surface area contributed by atoms with Gasteiger partial charge in [0.1, 0.15) is 6.04 Å². The zero-order valence-corrected chi connectivity index (χ0v) is 15.5. The standard InChI is InChI=1S/C18H22BrN3O2/c1-2-3-4-7-16(23)22-12-5-6-15(22)18-20-17(21-24-18)13-8-10-14(19)11-9-13/h8-11,15H,2-7,12H2,1H3. The molecular formula is C18H22BrN3O2. The number of rotatable bonds is 6. The highest BCUT2D eigenvalue weighted by molar-refractivity contribution is 9.10. The molecule has 1 fully saturated rings. The summed E-state index contributed by atoms with van der Waals surface area (Å²) in [5, 5.41) is 4.09. The lowest BCUT2D eigenvalue weighted by Gasteiger charge is -2.21. The van der Waals surface area contributed by atoms with Gasteiger partial charge in [-0.1, -0.05) is 40.9 Å². The number of nitrogens with zero attached hydrogens (tertiary/aromatic N) is 3. The topological polar surface area (TPSA) is 59.2 Å². The van der Waals surface area contributed by atoms with E-state index in [1.165, 1.54) is 0 Å². The number of hydrogen-bond donors (Lipinski definition) is 0. The van der Waals surface area contributed by atoms with Crippen LogP contribution in [0, 0.1) is 0 Å². The number of aromatic nitrogens is 2. The monoisotopic (exact) mass is 391 g/mol.